The second-order valence-electron chi connectivity index (χ2n) is 13.1. The quantitative estimate of drug-likeness (QED) is 0.161. The molecule has 8 heteroatoms. The average molecular weight is 630 g/mol. The molecule has 0 bridgehead atoms. The molecule has 8 nitrogen and oxygen atoms in total. The Labute approximate surface area is 276 Å². The maximum Gasteiger partial charge on any atom is 0.323 e. The highest BCUT2D eigenvalue weighted by atomic mass is 16.5. The van der Waals surface area contributed by atoms with Crippen LogP contribution in [0.1, 0.15) is 81.9 Å². The van der Waals surface area contributed by atoms with E-state index in [-0.39, 0.29) is 23.1 Å². The number of aromatic nitrogens is 3. The number of ether oxygens (including phenoxy) is 1. The summed E-state index contributed by atoms with van der Waals surface area (Å²) in [7, 11) is 0. The van der Waals surface area contributed by atoms with Crippen molar-refractivity contribution in [1.29, 1.82) is 0 Å². The third-order valence-corrected chi connectivity index (χ3v) is 9.06. The highest BCUT2D eigenvalue weighted by Gasteiger charge is 2.25. The molecule has 3 aromatic heterocycles. The van der Waals surface area contributed by atoms with Gasteiger partial charge in [-0.05, 0) is 89.2 Å². The minimum atomic E-state index is -0.459. The number of carbonyl (C=O) groups excluding carboxylic acids is 1. The normalized spacial score (nSPS) is 13.4. The first-order chi connectivity index (χ1) is 22.8. The lowest BCUT2D eigenvalue weighted by atomic mass is 9.93. The van der Waals surface area contributed by atoms with Crippen molar-refractivity contribution >= 4 is 28.4 Å². The van der Waals surface area contributed by atoms with Gasteiger partial charge in [0.05, 0.1) is 0 Å². The summed E-state index contributed by atoms with van der Waals surface area (Å²) in [4.78, 5) is 37.3. The van der Waals surface area contributed by atoms with Crippen molar-refractivity contribution in [3.63, 3.8) is 0 Å². The van der Waals surface area contributed by atoms with Crippen LogP contribution in [-0.4, -0.2) is 20.6 Å². The summed E-state index contributed by atoms with van der Waals surface area (Å²) in [6.07, 6.45) is 9.68. The number of nitrogens with one attached hydrogen (secondary N) is 2. The summed E-state index contributed by atoms with van der Waals surface area (Å²) in [5.74, 6) is 1.44. The molecule has 5 aromatic rings. The van der Waals surface area contributed by atoms with Crippen molar-refractivity contribution in [2.75, 3.05) is 10.6 Å². The largest absolute Gasteiger partial charge is 0.489 e. The maximum absolute atomic E-state index is 14.5. The Balaban J connectivity index is 1.45. The average Bonchev–Trinajstić information content (AvgIpc) is 3.59. The van der Waals surface area contributed by atoms with Gasteiger partial charge in [-0.1, -0.05) is 70.9 Å². The molecule has 47 heavy (non-hydrogen) atoms. The summed E-state index contributed by atoms with van der Waals surface area (Å²) in [5, 5.41) is 6.97. The molecular formula is C39H43N5O3. The van der Waals surface area contributed by atoms with Gasteiger partial charge in [-0.25, -0.2) is 9.78 Å². The lowest BCUT2D eigenvalue weighted by Crippen LogP contribution is -2.31. The van der Waals surface area contributed by atoms with Gasteiger partial charge in [-0.15, -0.1) is 0 Å². The minimum Gasteiger partial charge on any atom is -0.489 e. The molecule has 0 saturated heterocycles. The second kappa shape index (κ2) is 14.2. The number of fused-ring (bicyclic) bond motifs is 1. The molecule has 2 aromatic carbocycles. The van der Waals surface area contributed by atoms with Gasteiger partial charge >= 0.3 is 6.03 Å². The van der Waals surface area contributed by atoms with Crippen LogP contribution < -0.4 is 20.9 Å². The number of hydrogen-bond acceptors (Lipinski definition) is 5. The molecule has 2 N–H and O–H groups in total. The number of benzene rings is 2. The Hall–Kier alpha value is -4.98. The zero-order chi connectivity index (χ0) is 32.9. The number of rotatable bonds is 10. The van der Waals surface area contributed by atoms with Crippen LogP contribution in [0, 0.1) is 5.92 Å². The van der Waals surface area contributed by atoms with Crippen LogP contribution in [0.4, 0.5) is 16.2 Å². The van der Waals surface area contributed by atoms with Crippen molar-refractivity contribution in [2.24, 2.45) is 5.92 Å². The van der Waals surface area contributed by atoms with Crippen molar-refractivity contribution in [2.45, 2.75) is 78.4 Å². The number of amides is 2. The molecule has 0 unspecified atom stereocenters. The molecule has 2 amide bonds. The number of anilines is 2. The monoisotopic (exact) mass is 629 g/mol. The molecule has 1 fully saturated rings. The van der Waals surface area contributed by atoms with E-state index in [2.05, 4.69) is 43.3 Å². The molecule has 1 aliphatic carbocycles. The molecular weight excluding hydrogens is 586 g/mol. The molecule has 0 spiro atoms. The van der Waals surface area contributed by atoms with Crippen LogP contribution in [0.2, 0.25) is 0 Å². The van der Waals surface area contributed by atoms with Crippen molar-refractivity contribution in [1.82, 2.24) is 14.5 Å². The number of carbonyl (C=O) groups is 1. The van der Waals surface area contributed by atoms with Crippen LogP contribution in [-0.2, 0) is 13.2 Å². The van der Waals surface area contributed by atoms with Crippen molar-refractivity contribution in [3.05, 3.63) is 112 Å². The molecule has 3 heterocycles. The minimum absolute atomic E-state index is 0.199. The molecule has 1 saturated carbocycles. The van der Waals surface area contributed by atoms with Crippen LogP contribution in [0.5, 0.6) is 5.75 Å². The summed E-state index contributed by atoms with van der Waals surface area (Å²) < 4.78 is 7.91. The summed E-state index contributed by atoms with van der Waals surface area (Å²) >= 11 is 0. The summed E-state index contributed by atoms with van der Waals surface area (Å²) in [6, 6.07) is 21.0. The fourth-order valence-corrected chi connectivity index (χ4v) is 6.66. The van der Waals surface area contributed by atoms with Gasteiger partial charge in [0.2, 0.25) is 0 Å². The smallest absolute Gasteiger partial charge is 0.323 e. The van der Waals surface area contributed by atoms with Gasteiger partial charge in [0, 0.05) is 41.8 Å². The fraction of sp³-hybridized carbons (Fsp3) is 0.333. The van der Waals surface area contributed by atoms with E-state index in [0.29, 0.717) is 36.0 Å². The first-order valence-electron chi connectivity index (χ1n) is 16.6. The van der Waals surface area contributed by atoms with Crippen LogP contribution in [0.15, 0.2) is 90.1 Å². The Bertz CT molecular complexity index is 1900. The van der Waals surface area contributed by atoms with E-state index in [0.717, 1.165) is 59.0 Å². The Morgan fingerprint density at radius 2 is 1.55 bits per heavy atom. The van der Waals surface area contributed by atoms with Crippen molar-refractivity contribution < 1.29 is 9.53 Å². The van der Waals surface area contributed by atoms with Gasteiger partial charge in [-0.2, -0.15) is 0 Å². The number of urea groups is 1. The zero-order valence-electron chi connectivity index (χ0n) is 27.6. The molecule has 0 atom stereocenters. The highest BCUT2D eigenvalue weighted by molar-refractivity contribution is 6.07. The van der Waals surface area contributed by atoms with E-state index in [9.17, 15) is 9.59 Å². The molecule has 0 radical (unpaired) electrons. The number of nitrogens with zero attached hydrogens (tertiary/aromatic N) is 3. The predicted octanol–water partition coefficient (Wildman–Crippen LogP) is 9.12. The van der Waals surface area contributed by atoms with Gasteiger partial charge < -0.3 is 15.4 Å². The second-order valence-corrected chi connectivity index (χ2v) is 13.1. The van der Waals surface area contributed by atoms with Crippen molar-refractivity contribution in [3.8, 4) is 16.9 Å². The maximum atomic E-state index is 14.5. The van der Waals surface area contributed by atoms with Crippen LogP contribution >= 0.6 is 0 Å². The third kappa shape index (κ3) is 7.07. The standard InChI is InChI=1S/C39H43N5O3/c1-25(2)31-14-8-15-32(26(3)4)35(31)42-39(46)43-36-34(29-12-7-13-30(22-29)47-24-28-17-20-40-21-18-28)33-16-9-19-41-37(33)44(38(36)45)23-27-10-5-6-11-27/h7-9,12-22,25-27H,5-6,10-11,23-24H2,1-4H3,(H2,42,43,46). The van der Waals surface area contributed by atoms with E-state index in [4.69, 9.17) is 9.72 Å². The Morgan fingerprint density at radius 1 is 0.872 bits per heavy atom. The third-order valence-electron chi connectivity index (χ3n) is 9.06. The first kappa shape index (κ1) is 32.0. The van der Waals surface area contributed by atoms with Crippen LogP contribution in [0.25, 0.3) is 22.2 Å². The van der Waals surface area contributed by atoms with Gasteiger partial charge in [0.25, 0.3) is 5.56 Å². The van der Waals surface area contributed by atoms with E-state index < -0.39 is 6.03 Å². The molecule has 0 aliphatic heterocycles. The highest BCUT2D eigenvalue weighted by Crippen LogP contribution is 2.37. The number of para-hydroxylation sites is 1. The first-order valence-corrected chi connectivity index (χ1v) is 16.6. The summed E-state index contributed by atoms with van der Waals surface area (Å²) in [6.45, 7) is 9.39. The topological polar surface area (TPSA) is 98.1 Å². The molecule has 1 aliphatic rings. The molecule has 242 valence electrons. The summed E-state index contributed by atoms with van der Waals surface area (Å²) in [5.41, 5.74) is 5.82. The number of hydrogen-bond donors (Lipinski definition) is 2. The predicted molar refractivity (Wildman–Crippen MR) is 189 cm³/mol. The Kier molecular flexibility index (Phi) is 9.66. The zero-order valence-corrected chi connectivity index (χ0v) is 27.6. The molecule has 6 rings (SSSR count). The van der Waals surface area contributed by atoms with Gasteiger partial charge in [-0.3, -0.25) is 14.3 Å². The lowest BCUT2D eigenvalue weighted by molar-refractivity contribution is 0.262. The number of pyridine rings is 3. The van der Waals surface area contributed by atoms with Gasteiger partial charge in [0.1, 0.15) is 23.7 Å². The Morgan fingerprint density at radius 3 is 2.26 bits per heavy atom. The van der Waals surface area contributed by atoms with E-state index in [1.54, 1.807) is 23.2 Å². The van der Waals surface area contributed by atoms with E-state index in [1.165, 1.54) is 0 Å². The van der Waals surface area contributed by atoms with Crippen LogP contribution in [0.3, 0.4) is 0 Å². The van der Waals surface area contributed by atoms with E-state index >= 15 is 0 Å². The fourth-order valence-electron chi connectivity index (χ4n) is 6.66. The van der Waals surface area contributed by atoms with Gasteiger partial charge in [0.15, 0.2) is 0 Å². The van der Waals surface area contributed by atoms with E-state index in [1.807, 2.05) is 66.7 Å². The lowest BCUT2D eigenvalue weighted by Gasteiger charge is -2.22. The SMILES string of the molecule is CC(C)c1cccc(C(C)C)c1NC(=O)Nc1c(-c2cccc(OCc3ccncc3)c2)c2cccnc2n(CC2CCCC2)c1=O.